The summed E-state index contributed by atoms with van der Waals surface area (Å²) >= 11 is 1.67. The average molecular weight is 253 g/mol. The van der Waals surface area contributed by atoms with Crippen LogP contribution < -0.4 is 5.32 Å². The van der Waals surface area contributed by atoms with Gasteiger partial charge in [0, 0.05) is 16.0 Å². The van der Waals surface area contributed by atoms with E-state index in [9.17, 15) is 4.79 Å². The van der Waals surface area contributed by atoms with Gasteiger partial charge < -0.3 is 5.32 Å². The standard InChI is InChI=1S/C15H11NOS/c17-15(12-4-2-1-3-5-12)16-13-7-6-11-8-9-18-14(11)10-13/h1-10H,(H,16,17). The van der Waals surface area contributed by atoms with Crippen LogP contribution in [0.3, 0.4) is 0 Å². The minimum Gasteiger partial charge on any atom is -0.322 e. The van der Waals surface area contributed by atoms with Gasteiger partial charge in [0.05, 0.1) is 0 Å². The number of nitrogens with one attached hydrogen (secondary N) is 1. The van der Waals surface area contributed by atoms with Crippen LogP contribution in [0.4, 0.5) is 5.69 Å². The van der Waals surface area contributed by atoms with Crippen molar-refractivity contribution in [3.05, 3.63) is 65.5 Å². The maximum Gasteiger partial charge on any atom is 0.255 e. The van der Waals surface area contributed by atoms with E-state index >= 15 is 0 Å². The molecule has 0 radical (unpaired) electrons. The van der Waals surface area contributed by atoms with E-state index in [-0.39, 0.29) is 5.91 Å². The Morgan fingerprint density at radius 2 is 1.83 bits per heavy atom. The number of hydrogen-bond acceptors (Lipinski definition) is 2. The Balaban J connectivity index is 1.86. The van der Waals surface area contributed by atoms with Crippen LogP contribution in [0.25, 0.3) is 10.1 Å². The third-order valence-electron chi connectivity index (χ3n) is 2.75. The summed E-state index contributed by atoms with van der Waals surface area (Å²) in [5, 5.41) is 6.16. The van der Waals surface area contributed by atoms with Crippen LogP contribution >= 0.6 is 11.3 Å². The molecule has 0 unspecified atom stereocenters. The van der Waals surface area contributed by atoms with E-state index in [2.05, 4.69) is 11.4 Å². The lowest BCUT2D eigenvalue weighted by Crippen LogP contribution is -2.11. The van der Waals surface area contributed by atoms with Crippen molar-refractivity contribution in [2.45, 2.75) is 0 Å². The predicted molar refractivity (Wildman–Crippen MR) is 76.2 cm³/mol. The Labute approximate surface area is 109 Å². The molecule has 2 aromatic carbocycles. The summed E-state index contributed by atoms with van der Waals surface area (Å²) < 4.78 is 1.18. The Kier molecular flexibility index (Phi) is 2.82. The van der Waals surface area contributed by atoms with E-state index in [1.54, 1.807) is 23.5 Å². The van der Waals surface area contributed by atoms with E-state index in [4.69, 9.17) is 0 Å². The lowest BCUT2D eigenvalue weighted by Gasteiger charge is -2.05. The van der Waals surface area contributed by atoms with Crippen LogP contribution in [0.1, 0.15) is 10.4 Å². The minimum atomic E-state index is -0.0773. The topological polar surface area (TPSA) is 29.1 Å². The van der Waals surface area contributed by atoms with E-state index in [1.165, 1.54) is 10.1 Å². The molecule has 0 atom stereocenters. The number of hydrogen-bond donors (Lipinski definition) is 1. The van der Waals surface area contributed by atoms with Gasteiger partial charge in [0.25, 0.3) is 5.91 Å². The molecule has 0 saturated carbocycles. The zero-order chi connectivity index (χ0) is 12.4. The molecule has 1 aromatic heterocycles. The fourth-order valence-corrected chi connectivity index (χ4v) is 2.65. The van der Waals surface area contributed by atoms with E-state index in [1.807, 2.05) is 41.8 Å². The van der Waals surface area contributed by atoms with Crippen LogP contribution in [0.2, 0.25) is 0 Å². The third-order valence-corrected chi connectivity index (χ3v) is 3.63. The van der Waals surface area contributed by atoms with Crippen molar-refractivity contribution in [1.29, 1.82) is 0 Å². The van der Waals surface area contributed by atoms with Gasteiger partial charge in [-0.3, -0.25) is 4.79 Å². The first-order chi connectivity index (χ1) is 8.83. The Morgan fingerprint density at radius 3 is 2.67 bits per heavy atom. The number of fused-ring (bicyclic) bond motifs is 1. The summed E-state index contributed by atoms with van der Waals surface area (Å²) in [6.45, 7) is 0. The highest BCUT2D eigenvalue weighted by atomic mass is 32.1. The zero-order valence-corrected chi connectivity index (χ0v) is 10.4. The van der Waals surface area contributed by atoms with Gasteiger partial charge in [-0.2, -0.15) is 0 Å². The fraction of sp³-hybridized carbons (Fsp3) is 0. The SMILES string of the molecule is O=C(Nc1ccc2ccsc2c1)c1ccccc1. The molecular formula is C15H11NOS. The summed E-state index contributed by atoms with van der Waals surface area (Å²) in [5.41, 5.74) is 1.50. The van der Waals surface area contributed by atoms with Crippen LogP contribution in [0.5, 0.6) is 0 Å². The number of benzene rings is 2. The maximum atomic E-state index is 12.0. The molecule has 0 fully saturated rings. The minimum absolute atomic E-state index is 0.0773. The molecule has 1 heterocycles. The van der Waals surface area contributed by atoms with Crippen molar-refractivity contribution in [2.75, 3.05) is 5.32 Å². The summed E-state index contributed by atoms with van der Waals surface area (Å²) in [5.74, 6) is -0.0773. The molecule has 0 saturated heterocycles. The molecule has 88 valence electrons. The van der Waals surface area contributed by atoms with Crippen molar-refractivity contribution in [3.63, 3.8) is 0 Å². The largest absolute Gasteiger partial charge is 0.322 e. The van der Waals surface area contributed by atoms with Crippen molar-refractivity contribution >= 4 is 33.0 Å². The molecule has 0 aliphatic heterocycles. The van der Waals surface area contributed by atoms with Gasteiger partial charge in [-0.1, -0.05) is 24.3 Å². The van der Waals surface area contributed by atoms with Crippen molar-refractivity contribution < 1.29 is 4.79 Å². The number of carbonyl (C=O) groups is 1. The molecule has 3 rings (SSSR count). The summed E-state index contributed by atoms with van der Waals surface area (Å²) in [6, 6.07) is 17.2. The van der Waals surface area contributed by atoms with Gasteiger partial charge in [-0.05, 0) is 41.1 Å². The monoisotopic (exact) mass is 253 g/mol. The molecule has 0 bridgehead atoms. The second-order valence-corrected chi connectivity index (χ2v) is 4.94. The highest BCUT2D eigenvalue weighted by Crippen LogP contribution is 2.24. The van der Waals surface area contributed by atoms with Crippen LogP contribution in [-0.4, -0.2) is 5.91 Å². The van der Waals surface area contributed by atoms with Crippen molar-refractivity contribution in [3.8, 4) is 0 Å². The number of rotatable bonds is 2. The molecule has 1 amide bonds. The molecule has 2 nitrogen and oxygen atoms in total. The van der Waals surface area contributed by atoms with E-state index in [0.717, 1.165) is 5.69 Å². The Bertz CT molecular complexity index is 688. The lowest BCUT2D eigenvalue weighted by molar-refractivity contribution is 0.102. The van der Waals surface area contributed by atoms with Gasteiger partial charge >= 0.3 is 0 Å². The van der Waals surface area contributed by atoms with Crippen molar-refractivity contribution in [2.24, 2.45) is 0 Å². The first-order valence-electron chi connectivity index (χ1n) is 5.66. The molecular weight excluding hydrogens is 242 g/mol. The van der Waals surface area contributed by atoms with Crippen LogP contribution in [0.15, 0.2) is 60.0 Å². The van der Waals surface area contributed by atoms with E-state index in [0.29, 0.717) is 5.56 Å². The number of carbonyl (C=O) groups excluding carboxylic acids is 1. The van der Waals surface area contributed by atoms with Gasteiger partial charge in [0.15, 0.2) is 0 Å². The first kappa shape index (κ1) is 11.0. The number of anilines is 1. The highest BCUT2D eigenvalue weighted by molar-refractivity contribution is 7.17. The molecule has 0 aliphatic carbocycles. The Morgan fingerprint density at radius 1 is 1.00 bits per heavy atom. The second kappa shape index (κ2) is 4.63. The predicted octanol–water partition coefficient (Wildman–Crippen LogP) is 4.15. The fourth-order valence-electron chi connectivity index (χ4n) is 1.83. The third kappa shape index (κ3) is 2.13. The van der Waals surface area contributed by atoms with Gasteiger partial charge in [-0.25, -0.2) is 0 Å². The summed E-state index contributed by atoms with van der Waals surface area (Å²) in [4.78, 5) is 12.0. The van der Waals surface area contributed by atoms with Crippen molar-refractivity contribution in [1.82, 2.24) is 0 Å². The second-order valence-electron chi connectivity index (χ2n) is 3.99. The van der Waals surface area contributed by atoms with E-state index < -0.39 is 0 Å². The first-order valence-corrected chi connectivity index (χ1v) is 6.54. The maximum absolute atomic E-state index is 12.0. The van der Waals surface area contributed by atoms with Crippen LogP contribution in [0, 0.1) is 0 Å². The highest BCUT2D eigenvalue weighted by Gasteiger charge is 2.05. The lowest BCUT2D eigenvalue weighted by atomic mass is 10.2. The molecule has 0 aliphatic rings. The van der Waals surface area contributed by atoms with Crippen LogP contribution in [-0.2, 0) is 0 Å². The molecule has 3 heteroatoms. The molecule has 1 N–H and O–H groups in total. The zero-order valence-electron chi connectivity index (χ0n) is 9.59. The normalized spacial score (nSPS) is 10.4. The van der Waals surface area contributed by atoms with Gasteiger partial charge in [0.1, 0.15) is 0 Å². The van der Waals surface area contributed by atoms with Gasteiger partial charge in [-0.15, -0.1) is 11.3 Å². The Hall–Kier alpha value is -2.13. The average Bonchev–Trinajstić information content (AvgIpc) is 2.87. The molecule has 3 aromatic rings. The van der Waals surface area contributed by atoms with Gasteiger partial charge in [0.2, 0.25) is 0 Å². The smallest absolute Gasteiger partial charge is 0.255 e. The quantitative estimate of drug-likeness (QED) is 0.730. The summed E-state index contributed by atoms with van der Waals surface area (Å²) in [6.07, 6.45) is 0. The summed E-state index contributed by atoms with van der Waals surface area (Å²) in [7, 11) is 0. The number of thiophene rings is 1. The molecule has 0 spiro atoms. The number of amides is 1. The molecule has 18 heavy (non-hydrogen) atoms.